The van der Waals surface area contributed by atoms with E-state index in [0.29, 0.717) is 12.2 Å². The fourth-order valence-electron chi connectivity index (χ4n) is 1.88. The van der Waals surface area contributed by atoms with Crippen molar-refractivity contribution in [3.8, 4) is 6.07 Å². The second kappa shape index (κ2) is 7.48. The van der Waals surface area contributed by atoms with Gasteiger partial charge < -0.3 is 5.32 Å². The summed E-state index contributed by atoms with van der Waals surface area (Å²) in [5, 5.41) is 22.9. The minimum atomic E-state index is -0.502. The van der Waals surface area contributed by atoms with Gasteiger partial charge in [-0.05, 0) is 25.1 Å². The molecule has 0 saturated carbocycles. The Morgan fingerprint density at radius 1 is 1.27 bits per heavy atom. The summed E-state index contributed by atoms with van der Waals surface area (Å²) in [5.41, 5.74) is 2.07. The summed E-state index contributed by atoms with van der Waals surface area (Å²) in [5.74, 6) is 0.838. The molecule has 0 aliphatic rings. The van der Waals surface area contributed by atoms with Gasteiger partial charge >= 0.3 is 0 Å². The average Bonchev–Trinajstić information content (AvgIpc) is 2.53. The number of nitro groups is 1. The Labute approximate surface area is 133 Å². The van der Waals surface area contributed by atoms with Gasteiger partial charge in [0, 0.05) is 29.3 Å². The second-order valence-electron chi connectivity index (χ2n) is 4.69. The van der Waals surface area contributed by atoms with E-state index >= 15 is 0 Å². The molecule has 1 N–H and O–H groups in total. The van der Waals surface area contributed by atoms with Gasteiger partial charge in [0.05, 0.1) is 16.2 Å². The summed E-state index contributed by atoms with van der Waals surface area (Å²) in [6, 6.07) is 14.5. The Balaban J connectivity index is 1.90. The van der Waals surface area contributed by atoms with Crippen molar-refractivity contribution in [3.05, 3.63) is 63.7 Å². The van der Waals surface area contributed by atoms with Crippen molar-refractivity contribution in [2.75, 3.05) is 17.6 Å². The van der Waals surface area contributed by atoms with Gasteiger partial charge in [-0.1, -0.05) is 17.7 Å². The third-order valence-electron chi connectivity index (χ3n) is 3.04. The first kappa shape index (κ1) is 15.9. The smallest absolute Gasteiger partial charge is 0.270 e. The van der Waals surface area contributed by atoms with Crippen LogP contribution < -0.4 is 5.32 Å². The highest BCUT2D eigenvalue weighted by molar-refractivity contribution is 7.99. The number of nitrogens with zero attached hydrogens (tertiary/aromatic N) is 2. The maximum Gasteiger partial charge on any atom is 0.270 e. The highest BCUT2D eigenvalue weighted by Gasteiger charge is 2.10. The molecule has 0 radical (unpaired) electrons. The monoisotopic (exact) mass is 313 g/mol. The van der Waals surface area contributed by atoms with E-state index in [4.69, 9.17) is 5.26 Å². The van der Waals surface area contributed by atoms with Gasteiger partial charge in [-0.2, -0.15) is 5.26 Å². The molecule has 0 unspecified atom stereocenters. The zero-order valence-corrected chi connectivity index (χ0v) is 12.9. The van der Waals surface area contributed by atoms with Crippen LogP contribution in [0, 0.1) is 28.4 Å². The van der Waals surface area contributed by atoms with E-state index in [1.165, 1.54) is 22.6 Å². The Bertz CT molecular complexity index is 708. The fourth-order valence-corrected chi connectivity index (χ4v) is 2.65. The van der Waals surface area contributed by atoms with E-state index in [-0.39, 0.29) is 11.3 Å². The fraction of sp³-hybridized carbons (Fsp3) is 0.188. The molecule has 6 heteroatoms. The molecule has 0 fully saturated rings. The lowest BCUT2D eigenvalue weighted by Gasteiger charge is -2.08. The number of non-ortho nitro benzene ring substituents is 1. The lowest BCUT2D eigenvalue weighted by atomic mass is 10.1. The van der Waals surface area contributed by atoms with Crippen molar-refractivity contribution in [1.29, 1.82) is 5.26 Å². The number of hydrogen-bond acceptors (Lipinski definition) is 5. The Morgan fingerprint density at radius 3 is 2.64 bits per heavy atom. The summed E-state index contributed by atoms with van der Waals surface area (Å²) in [6.45, 7) is 2.72. The highest BCUT2D eigenvalue weighted by Crippen LogP contribution is 2.22. The molecule has 2 rings (SSSR count). The summed E-state index contributed by atoms with van der Waals surface area (Å²) in [7, 11) is 0. The molecule has 22 heavy (non-hydrogen) atoms. The van der Waals surface area contributed by atoms with Crippen molar-refractivity contribution in [2.45, 2.75) is 11.8 Å². The van der Waals surface area contributed by atoms with Gasteiger partial charge in [0.25, 0.3) is 5.69 Å². The molecule has 0 aliphatic carbocycles. The molecule has 0 spiro atoms. The van der Waals surface area contributed by atoms with Crippen LogP contribution in [-0.4, -0.2) is 17.2 Å². The maximum atomic E-state index is 10.7. The van der Waals surface area contributed by atoms with Crippen LogP contribution in [0.2, 0.25) is 0 Å². The van der Waals surface area contributed by atoms with E-state index in [2.05, 4.69) is 29.6 Å². The standard InChI is InChI=1S/C16H15N3O2S/c1-12-2-5-15(6-3-12)22-9-8-18-16-7-4-14(19(20)21)10-13(16)11-17/h2-7,10,18H,8-9H2,1H3. The van der Waals surface area contributed by atoms with Gasteiger partial charge in [-0.3, -0.25) is 10.1 Å². The van der Waals surface area contributed by atoms with Crippen molar-refractivity contribution in [2.24, 2.45) is 0 Å². The number of anilines is 1. The zero-order valence-electron chi connectivity index (χ0n) is 12.1. The van der Waals surface area contributed by atoms with Crippen LogP contribution in [-0.2, 0) is 0 Å². The van der Waals surface area contributed by atoms with Crippen LogP contribution in [0.25, 0.3) is 0 Å². The first-order valence-electron chi connectivity index (χ1n) is 6.72. The molecular weight excluding hydrogens is 298 g/mol. The third-order valence-corrected chi connectivity index (χ3v) is 4.06. The van der Waals surface area contributed by atoms with Crippen LogP contribution in [0.5, 0.6) is 0 Å². The van der Waals surface area contributed by atoms with E-state index in [1.807, 2.05) is 13.0 Å². The molecule has 0 amide bonds. The number of rotatable bonds is 6. The van der Waals surface area contributed by atoms with Crippen molar-refractivity contribution in [1.82, 2.24) is 0 Å². The van der Waals surface area contributed by atoms with Gasteiger partial charge in [0.2, 0.25) is 0 Å². The lowest BCUT2D eigenvalue weighted by molar-refractivity contribution is -0.384. The third kappa shape index (κ3) is 4.24. The molecule has 5 nitrogen and oxygen atoms in total. The van der Waals surface area contributed by atoms with Crippen LogP contribution in [0.15, 0.2) is 47.4 Å². The quantitative estimate of drug-likeness (QED) is 0.378. The largest absolute Gasteiger partial charge is 0.383 e. The van der Waals surface area contributed by atoms with E-state index in [0.717, 1.165) is 5.75 Å². The Hall–Kier alpha value is -2.52. The molecule has 2 aromatic rings. The Morgan fingerprint density at radius 2 is 2.00 bits per heavy atom. The van der Waals surface area contributed by atoms with Crippen LogP contribution >= 0.6 is 11.8 Å². The van der Waals surface area contributed by atoms with E-state index < -0.39 is 4.92 Å². The first-order chi connectivity index (χ1) is 10.6. The van der Waals surface area contributed by atoms with Crippen molar-refractivity contribution in [3.63, 3.8) is 0 Å². The Kier molecular flexibility index (Phi) is 5.39. The molecule has 0 bridgehead atoms. The number of aryl methyl sites for hydroxylation is 1. The number of nitro benzene ring substituents is 1. The molecule has 112 valence electrons. The molecule has 0 saturated heterocycles. The van der Waals surface area contributed by atoms with Crippen molar-refractivity contribution >= 4 is 23.1 Å². The molecule has 0 aliphatic heterocycles. The van der Waals surface area contributed by atoms with Crippen molar-refractivity contribution < 1.29 is 4.92 Å². The number of nitriles is 1. The van der Waals surface area contributed by atoms with Gasteiger partial charge in [0.1, 0.15) is 6.07 Å². The molecular formula is C16H15N3O2S. The summed E-state index contributed by atoms with van der Waals surface area (Å²) in [4.78, 5) is 11.4. The van der Waals surface area contributed by atoms with Gasteiger partial charge in [-0.25, -0.2) is 0 Å². The number of hydrogen-bond donors (Lipinski definition) is 1. The van der Waals surface area contributed by atoms with E-state index in [1.54, 1.807) is 17.8 Å². The average molecular weight is 313 g/mol. The number of benzene rings is 2. The van der Waals surface area contributed by atoms with Gasteiger partial charge in [-0.15, -0.1) is 11.8 Å². The van der Waals surface area contributed by atoms with Gasteiger partial charge in [0.15, 0.2) is 0 Å². The normalized spacial score (nSPS) is 10.0. The van der Waals surface area contributed by atoms with Crippen LogP contribution in [0.4, 0.5) is 11.4 Å². The summed E-state index contributed by atoms with van der Waals surface area (Å²) in [6.07, 6.45) is 0. The molecule has 2 aromatic carbocycles. The molecule has 0 aromatic heterocycles. The second-order valence-corrected chi connectivity index (χ2v) is 5.86. The number of thioether (sulfide) groups is 1. The first-order valence-corrected chi connectivity index (χ1v) is 7.70. The predicted molar refractivity (Wildman–Crippen MR) is 88.2 cm³/mol. The van der Waals surface area contributed by atoms with Crippen LogP contribution in [0.1, 0.15) is 11.1 Å². The summed E-state index contributed by atoms with van der Waals surface area (Å²) < 4.78 is 0. The molecule has 0 atom stereocenters. The minimum Gasteiger partial charge on any atom is -0.383 e. The summed E-state index contributed by atoms with van der Waals surface area (Å²) >= 11 is 1.72. The molecule has 0 heterocycles. The minimum absolute atomic E-state index is 0.0730. The van der Waals surface area contributed by atoms with Crippen LogP contribution in [0.3, 0.4) is 0 Å². The number of nitrogens with one attached hydrogen (secondary N) is 1. The lowest BCUT2D eigenvalue weighted by Crippen LogP contribution is -2.05. The zero-order chi connectivity index (χ0) is 15.9. The maximum absolute atomic E-state index is 10.7. The SMILES string of the molecule is Cc1ccc(SCCNc2ccc([N+](=O)[O-])cc2C#N)cc1. The van der Waals surface area contributed by atoms with E-state index in [9.17, 15) is 10.1 Å². The highest BCUT2D eigenvalue weighted by atomic mass is 32.2. The topological polar surface area (TPSA) is 79.0 Å². The predicted octanol–water partition coefficient (Wildman–Crippen LogP) is 3.98.